The zero-order valence-electron chi connectivity index (χ0n) is 17.7. The molecule has 2 atom stereocenters. The first kappa shape index (κ1) is 20.8. The van der Waals surface area contributed by atoms with E-state index in [-0.39, 0.29) is 29.1 Å². The first-order valence-corrected chi connectivity index (χ1v) is 10.9. The molecule has 0 unspecified atom stereocenters. The van der Waals surface area contributed by atoms with Gasteiger partial charge in [0.2, 0.25) is 11.8 Å². The molecule has 2 aliphatic rings. The van der Waals surface area contributed by atoms with Gasteiger partial charge in [0.25, 0.3) is 0 Å². The Morgan fingerprint density at radius 3 is 2.83 bits per heavy atom. The maximum absolute atomic E-state index is 12.6. The van der Waals surface area contributed by atoms with Crippen LogP contribution in [-0.4, -0.2) is 33.6 Å². The standard InChI is InChI=1S/C22H28ClN5O2/c1-22(2)9-18-16(10-26-28(18)12-22)15-8-19(25-11-17(15)23)27-20(29)7-13-4-5-14(6-13)21(30)24-3/h8,10-11,13-14H,4-7,9,12H2,1-3H3,(H,24,30)(H,25,27,29)/t13-,14+/m0/s1. The lowest BCUT2D eigenvalue weighted by Crippen LogP contribution is -2.25. The summed E-state index contributed by atoms with van der Waals surface area (Å²) in [7, 11) is 1.66. The summed E-state index contributed by atoms with van der Waals surface area (Å²) in [4.78, 5) is 28.7. The van der Waals surface area contributed by atoms with Gasteiger partial charge in [-0.15, -0.1) is 0 Å². The Morgan fingerprint density at radius 2 is 2.07 bits per heavy atom. The monoisotopic (exact) mass is 429 g/mol. The lowest BCUT2D eigenvalue weighted by molar-refractivity contribution is -0.124. The number of halogens is 1. The van der Waals surface area contributed by atoms with Crippen LogP contribution < -0.4 is 10.6 Å². The van der Waals surface area contributed by atoms with Gasteiger partial charge in [-0.3, -0.25) is 14.3 Å². The molecule has 0 radical (unpaired) electrons. The Kier molecular flexibility index (Phi) is 5.57. The number of hydrogen-bond acceptors (Lipinski definition) is 4. The summed E-state index contributed by atoms with van der Waals surface area (Å²) in [6, 6.07) is 1.82. The zero-order chi connectivity index (χ0) is 21.5. The van der Waals surface area contributed by atoms with E-state index in [0.717, 1.165) is 49.0 Å². The van der Waals surface area contributed by atoms with Crippen molar-refractivity contribution >= 4 is 29.2 Å². The summed E-state index contributed by atoms with van der Waals surface area (Å²) >= 11 is 6.44. The quantitative estimate of drug-likeness (QED) is 0.758. The fraction of sp³-hybridized carbons (Fsp3) is 0.545. The maximum Gasteiger partial charge on any atom is 0.225 e. The number of hydrogen-bond donors (Lipinski definition) is 2. The molecular formula is C22H28ClN5O2. The molecule has 0 saturated heterocycles. The fourth-order valence-corrected chi connectivity index (χ4v) is 4.95. The van der Waals surface area contributed by atoms with Gasteiger partial charge < -0.3 is 10.6 Å². The molecule has 0 aromatic carbocycles. The highest BCUT2D eigenvalue weighted by Gasteiger charge is 2.33. The summed E-state index contributed by atoms with van der Waals surface area (Å²) < 4.78 is 2.04. The number of aromatic nitrogens is 3. The minimum atomic E-state index is -0.0836. The molecule has 8 heteroatoms. The molecule has 30 heavy (non-hydrogen) atoms. The minimum absolute atomic E-state index is 0.0155. The summed E-state index contributed by atoms with van der Waals surface area (Å²) in [5.41, 5.74) is 3.16. The molecule has 3 heterocycles. The first-order valence-electron chi connectivity index (χ1n) is 10.5. The van der Waals surface area contributed by atoms with E-state index in [1.165, 1.54) is 0 Å². The highest BCUT2D eigenvalue weighted by atomic mass is 35.5. The van der Waals surface area contributed by atoms with Crippen molar-refractivity contribution in [3.63, 3.8) is 0 Å². The summed E-state index contributed by atoms with van der Waals surface area (Å²) in [5.74, 6) is 0.706. The van der Waals surface area contributed by atoms with Gasteiger partial charge in [0.1, 0.15) is 5.82 Å². The number of pyridine rings is 1. The van der Waals surface area contributed by atoms with Gasteiger partial charge in [-0.05, 0) is 43.1 Å². The van der Waals surface area contributed by atoms with Gasteiger partial charge in [0.05, 0.1) is 11.2 Å². The normalized spacial score (nSPS) is 22.0. The van der Waals surface area contributed by atoms with Crippen molar-refractivity contribution in [1.82, 2.24) is 20.1 Å². The summed E-state index contributed by atoms with van der Waals surface area (Å²) in [5, 5.41) is 10.7. The predicted molar refractivity (Wildman–Crippen MR) is 116 cm³/mol. The fourth-order valence-electron chi connectivity index (χ4n) is 4.75. The van der Waals surface area contributed by atoms with E-state index in [2.05, 4.69) is 34.6 Å². The number of carbonyl (C=O) groups is 2. The average Bonchev–Trinajstić information content (AvgIpc) is 3.37. The number of anilines is 1. The molecule has 7 nitrogen and oxygen atoms in total. The molecule has 0 bridgehead atoms. The van der Waals surface area contributed by atoms with Gasteiger partial charge in [-0.1, -0.05) is 25.4 Å². The SMILES string of the molecule is CNC(=O)[C@@H]1CC[C@H](CC(=O)Nc2cc(-c3cnn4c3CC(C)(C)C4)c(Cl)cn2)C1. The van der Waals surface area contributed by atoms with Crippen LogP contribution in [0, 0.1) is 17.3 Å². The maximum atomic E-state index is 12.6. The second-order valence-corrected chi connectivity index (χ2v) is 9.70. The highest BCUT2D eigenvalue weighted by Crippen LogP contribution is 2.39. The third-order valence-electron chi connectivity index (χ3n) is 6.22. The minimum Gasteiger partial charge on any atom is -0.359 e. The highest BCUT2D eigenvalue weighted by molar-refractivity contribution is 6.33. The third-order valence-corrected chi connectivity index (χ3v) is 6.52. The van der Waals surface area contributed by atoms with Crippen molar-refractivity contribution in [2.75, 3.05) is 12.4 Å². The number of rotatable bonds is 5. The van der Waals surface area contributed by atoms with Crippen molar-refractivity contribution in [3.8, 4) is 11.1 Å². The Balaban J connectivity index is 1.45. The van der Waals surface area contributed by atoms with Crippen LogP contribution >= 0.6 is 11.6 Å². The van der Waals surface area contributed by atoms with Gasteiger partial charge in [0, 0.05) is 48.9 Å². The number of nitrogens with one attached hydrogen (secondary N) is 2. The first-order chi connectivity index (χ1) is 14.3. The van der Waals surface area contributed by atoms with E-state index in [1.807, 2.05) is 16.9 Å². The van der Waals surface area contributed by atoms with Crippen molar-refractivity contribution < 1.29 is 9.59 Å². The lowest BCUT2D eigenvalue weighted by Gasteiger charge is -2.15. The Morgan fingerprint density at radius 1 is 1.27 bits per heavy atom. The van der Waals surface area contributed by atoms with E-state index >= 15 is 0 Å². The predicted octanol–water partition coefficient (Wildman–Crippen LogP) is 3.67. The molecule has 160 valence electrons. The zero-order valence-corrected chi connectivity index (χ0v) is 18.4. The number of amides is 2. The van der Waals surface area contributed by atoms with Crippen molar-refractivity contribution in [2.24, 2.45) is 17.3 Å². The van der Waals surface area contributed by atoms with Gasteiger partial charge >= 0.3 is 0 Å². The molecule has 2 aromatic heterocycles. The van der Waals surface area contributed by atoms with Gasteiger partial charge in [-0.25, -0.2) is 4.98 Å². The van der Waals surface area contributed by atoms with E-state index < -0.39 is 0 Å². The largest absolute Gasteiger partial charge is 0.359 e. The van der Waals surface area contributed by atoms with Crippen LogP contribution in [0.2, 0.25) is 5.02 Å². The molecule has 0 spiro atoms. The number of fused-ring (bicyclic) bond motifs is 1. The van der Waals surface area contributed by atoms with Crippen LogP contribution in [0.3, 0.4) is 0 Å². The lowest BCUT2D eigenvalue weighted by atomic mass is 9.89. The van der Waals surface area contributed by atoms with E-state index in [1.54, 1.807) is 13.2 Å². The Labute approximate surface area is 181 Å². The molecule has 1 aliphatic carbocycles. The average molecular weight is 430 g/mol. The molecule has 2 N–H and O–H groups in total. The van der Waals surface area contributed by atoms with Crippen LogP contribution in [0.1, 0.15) is 45.2 Å². The molecule has 1 fully saturated rings. The van der Waals surface area contributed by atoms with E-state index in [9.17, 15) is 9.59 Å². The molecule has 1 aliphatic heterocycles. The van der Waals surface area contributed by atoms with Crippen molar-refractivity contribution in [3.05, 3.63) is 29.2 Å². The Bertz CT molecular complexity index is 984. The Hall–Kier alpha value is -2.41. The number of carbonyl (C=O) groups excluding carboxylic acids is 2. The summed E-state index contributed by atoms with van der Waals surface area (Å²) in [6.45, 7) is 5.33. The van der Waals surface area contributed by atoms with Crippen LogP contribution in [0.25, 0.3) is 11.1 Å². The number of nitrogens with zero attached hydrogens (tertiary/aromatic N) is 3. The second-order valence-electron chi connectivity index (χ2n) is 9.30. The second kappa shape index (κ2) is 8.02. The third kappa shape index (κ3) is 4.21. The smallest absolute Gasteiger partial charge is 0.225 e. The van der Waals surface area contributed by atoms with Crippen LogP contribution in [-0.2, 0) is 22.6 Å². The van der Waals surface area contributed by atoms with E-state index in [4.69, 9.17) is 11.6 Å². The van der Waals surface area contributed by atoms with E-state index in [0.29, 0.717) is 17.3 Å². The molecule has 2 amide bonds. The van der Waals surface area contributed by atoms with Gasteiger partial charge in [0.15, 0.2) is 0 Å². The van der Waals surface area contributed by atoms with Crippen LogP contribution in [0.4, 0.5) is 5.82 Å². The van der Waals surface area contributed by atoms with Crippen LogP contribution in [0.5, 0.6) is 0 Å². The topological polar surface area (TPSA) is 88.9 Å². The van der Waals surface area contributed by atoms with Crippen LogP contribution in [0.15, 0.2) is 18.5 Å². The molecule has 2 aromatic rings. The molecule has 4 rings (SSSR count). The van der Waals surface area contributed by atoms with Crippen molar-refractivity contribution in [1.29, 1.82) is 0 Å². The molecular weight excluding hydrogens is 402 g/mol. The van der Waals surface area contributed by atoms with Gasteiger partial charge in [-0.2, -0.15) is 5.10 Å². The van der Waals surface area contributed by atoms with Crippen molar-refractivity contribution in [2.45, 2.75) is 52.5 Å². The molecule has 1 saturated carbocycles. The summed E-state index contributed by atoms with van der Waals surface area (Å²) in [6.07, 6.45) is 7.22.